The average molecular weight is 311 g/mol. The van der Waals surface area contributed by atoms with Gasteiger partial charge in [0.2, 0.25) is 0 Å². The van der Waals surface area contributed by atoms with E-state index in [4.69, 9.17) is 0 Å². The van der Waals surface area contributed by atoms with Crippen molar-refractivity contribution < 1.29 is 4.79 Å². The summed E-state index contributed by atoms with van der Waals surface area (Å²) in [5.41, 5.74) is 0.585. The minimum absolute atomic E-state index is 0.0614. The minimum atomic E-state index is -0.195. The number of likely N-dealkylation sites (tertiary alicyclic amines) is 1. The number of pyridine rings is 1. The van der Waals surface area contributed by atoms with Gasteiger partial charge in [0, 0.05) is 25.0 Å². The predicted molar refractivity (Wildman–Crippen MR) is 89.6 cm³/mol. The fourth-order valence-corrected chi connectivity index (χ4v) is 3.90. The molecule has 1 aromatic carbocycles. The van der Waals surface area contributed by atoms with Gasteiger partial charge in [-0.05, 0) is 48.7 Å². The fraction of sp³-hybridized carbons (Fsp3) is 0.444. The fourth-order valence-electron chi connectivity index (χ4n) is 3.90. The zero-order valence-electron chi connectivity index (χ0n) is 13.1. The molecule has 4 rings (SSSR count). The van der Waals surface area contributed by atoms with Crippen LogP contribution >= 0.6 is 0 Å². The molecule has 0 aliphatic carbocycles. The molecule has 0 atom stereocenters. The first-order chi connectivity index (χ1) is 11.2. The Labute approximate surface area is 134 Å². The molecule has 2 fully saturated rings. The zero-order valence-corrected chi connectivity index (χ0v) is 13.1. The molecule has 1 spiro atoms. The smallest absolute Gasteiger partial charge is 0.270 e. The number of aromatic amines is 1. The normalized spacial score (nSPS) is 20.3. The summed E-state index contributed by atoms with van der Waals surface area (Å²) in [6.07, 6.45) is 3.30. The van der Waals surface area contributed by atoms with Gasteiger partial charge in [-0.3, -0.25) is 9.59 Å². The number of benzene rings is 1. The second-order valence-corrected chi connectivity index (χ2v) is 6.82. The number of amides is 1. The Kier molecular flexibility index (Phi) is 3.45. The van der Waals surface area contributed by atoms with Gasteiger partial charge in [0.1, 0.15) is 5.69 Å². The van der Waals surface area contributed by atoms with E-state index in [1.165, 1.54) is 6.42 Å². The van der Waals surface area contributed by atoms with Crippen LogP contribution < -0.4 is 10.9 Å². The molecule has 0 radical (unpaired) electrons. The summed E-state index contributed by atoms with van der Waals surface area (Å²) in [6, 6.07) is 9.16. The maximum Gasteiger partial charge on any atom is 0.270 e. The third-order valence-corrected chi connectivity index (χ3v) is 5.43. The molecule has 120 valence electrons. The van der Waals surface area contributed by atoms with Crippen molar-refractivity contribution in [1.82, 2.24) is 15.2 Å². The molecule has 2 aliphatic heterocycles. The van der Waals surface area contributed by atoms with Crippen LogP contribution in [0.4, 0.5) is 0 Å². The SMILES string of the molecule is O=C(c1cc2ccccc2c(=O)[nH]1)N1CCC2(CCNC2)CC1. The largest absolute Gasteiger partial charge is 0.337 e. The summed E-state index contributed by atoms with van der Waals surface area (Å²) in [5, 5.41) is 4.87. The highest BCUT2D eigenvalue weighted by molar-refractivity contribution is 5.96. The molecule has 2 saturated heterocycles. The Balaban J connectivity index is 1.57. The molecule has 2 aliphatic rings. The van der Waals surface area contributed by atoms with E-state index in [0.717, 1.165) is 44.4 Å². The van der Waals surface area contributed by atoms with Crippen LogP contribution in [0.15, 0.2) is 35.1 Å². The van der Waals surface area contributed by atoms with Crippen molar-refractivity contribution in [3.8, 4) is 0 Å². The van der Waals surface area contributed by atoms with E-state index in [1.54, 1.807) is 12.1 Å². The molecule has 23 heavy (non-hydrogen) atoms. The average Bonchev–Trinajstić information content (AvgIpc) is 3.03. The number of piperidine rings is 1. The maximum absolute atomic E-state index is 12.7. The number of rotatable bonds is 1. The molecule has 3 heterocycles. The van der Waals surface area contributed by atoms with Crippen molar-refractivity contribution in [2.24, 2.45) is 5.41 Å². The van der Waals surface area contributed by atoms with Crippen LogP contribution in [0, 0.1) is 5.41 Å². The van der Waals surface area contributed by atoms with Gasteiger partial charge in [-0.25, -0.2) is 0 Å². The third-order valence-electron chi connectivity index (χ3n) is 5.43. The van der Waals surface area contributed by atoms with Gasteiger partial charge in [-0.1, -0.05) is 18.2 Å². The number of hydrogen-bond acceptors (Lipinski definition) is 3. The number of aromatic nitrogens is 1. The minimum Gasteiger partial charge on any atom is -0.337 e. The van der Waals surface area contributed by atoms with Gasteiger partial charge in [0.15, 0.2) is 0 Å². The lowest BCUT2D eigenvalue weighted by Crippen LogP contribution is -2.44. The molecule has 2 N–H and O–H groups in total. The lowest BCUT2D eigenvalue weighted by molar-refractivity contribution is 0.0602. The number of carbonyl (C=O) groups is 1. The number of nitrogens with zero attached hydrogens (tertiary/aromatic N) is 1. The van der Waals surface area contributed by atoms with Gasteiger partial charge in [-0.2, -0.15) is 0 Å². The summed E-state index contributed by atoms with van der Waals surface area (Å²) in [5.74, 6) is -0.0614. The van der Waals surface area contributed by atoms with Crippen molar-refractivity contribution in [2.45, 2.75) is 19.3 Å². The molecule has 0 unspecified atom stereocenters. The van der Waals surface area contributed by atoms with E-state index >= 15 is 0 Å². The molecule has 5 heteroatoms. The number of H-pyrrole nitrogens is 1. The highest BCUT2D eigenvalue weighted by atomic mass is 16.2. The lowest BCUT2D eigenvalue weighted by atomic mass is 9.78. The quantitative estimate of drug-likeness (QED) is 0.843. The van der Waals surface area contributed by atoms with Gasteiger partial charge in [-0.15, -0.1) is 0 Å². The van der Waals surface area contributed by atoms with Gasteiger partial charge in [0.05, 0.1) is 0 Å². The summed E-state index contributed by atoms with van der Waals surface area (Å²) in [6.45, 7) is 3.71. The molecule has 5 nitrogen and oxygen atoms in total. The number of fused-ring (bicyclic) bond motifs is 1. The van der Waals surface area contributed by atoms with Crippen molar-refractivity contribution in [1.29, 1.82) is 0 Å². The zero-order chi connectivity index (χ0) is 15.9. The number of nitrogens with one attached hydrogen (secondary N) is 2. The van der Waals surface area contributed by atoms with E-state index in [-0.39, 0.29) is 11.5 Å². The second kappa shape index (κ2) is 5.49. The van der Waals surface area contributed by atoms with E-state index in [1.807, 2.05) is 23.1 Å². The molecule has 1 amide bonds. The van der Waals surface area contributed by atoms with E-state index in [2.05, 4.69) is 10.3 Å². The Morgan fingerprint density at radius 2 is 1.91 bits per heavy atom. The summed E-state index contributed by atoms with van der Waals surface area (Å²) in [4.78, 5) is 29.5. The second-order valence-electron chi connectivity index (χ2n) is 6.82. The molecule has 2 aromatic rings. The highest BCUT2D eigenvalue weighted by Crippen LogP contribution is 2.37. The van der Waals surface area contributed by atoms with Crippen LogP contribution in [0.25, 0.3) is 10.8 Å². The van der Waals surface area contributed by atoms with Crippen molar-refractivity contribution in [3.63, 3.8) is 0 Å². The third kappa shape index (κ3) is 2.55. The predicted octanol–water partition coefficient (Wildman–Crippen LogP) is 1.74. The van der Waals surface area contributed by atoms with Crippen LogP contribution in [0.3, 0.4) is 0 Å². The van der Waals surface area contributed by atoms with Gasteiger partial charge in [0.25, 0.3) is 11.5 Å². The topological polar surface area (TPSA) is 65.2 Å². The van der Waals surface area contributed by atoms with Crippen LogP contribution in [-0.2, 0) is 0 Å². The van der Waals surface area contributed by atoms with Crippen molar-refractivity contribution >= 4 is 16.7 Å². The van der Waals surface area contributed by atoms with Crippen LogP contribution in [0.2, 0.25) is 0 Å². The number of carbonyl (C=O) groups excluding carboxylic acids is 1. The Morgan fingerprint density at radius 3 is 2.65 bits per heavy atom. The van der Waals surface area contributed by atoms with Crippen LogP contribution in [-0.4, -0.2) is 42.0 Å². The summed E-state index contributed by atoms with van der Waals surface area (Å²) >= 11 is 0. The monoisotopic (exact) mass is 311 g/mol. The first kappa shape index (κ1) is 14.5. The molecule has 1 aromatic heterocycles. The van der Waals surface area contributed by atoms with E-state index in [0.29, 0.717) is 16.5 Å². The first-order valence-electron chi connectivity index (χ1n) is 8.29. The first-order valence-corrected chi connectivity index (χ1v) is 8.29. The Hall–Kier alpha value is -2.14. The van der Waals surface area contributed by atoms with Crippen molar-refractivity contribution in [2.75, 3.05) is 26.2 Å². The van der Waals surface area contributed by atoms with Gasteiger partial charge < -0.3 is 15.2 Å². The van der Waals surface area contributed by atoms with Crippen molar-refractivity contribution in [3.05, 3.63) is 46.4 Å². The Bertz CT molecular complexity index is 795. The summed E-state index contributed by atoms with van der Waals surface area (Å²) in [7, 11) is 0. The van der Waals surface area contributed by atoms with Gasteiger partial charge >= 0.3 is 0 Å². The molecular weight excluding hydrogens is 290 g/mol. The van der Waals surface area contributed by atoms with Crippen LogP contribution in [0.5, 0.6) is 0 Å². The standard InChI is InChI=1S/C18H21N3O2/c22-16-14-4-2-1-3-13(14)11-15(20-16)17(23)21-9-6-18(7-10-21)5-8-19-12-18/h1-4,11,19H,5-10,12H2,(H,20,22). The maximum atomic E-state index is 12.7. The van der Waals surface area contributed by atoms with E-state index < -0.39 is 0 Å². The Morgan fingerprint density at radius 1 is 1.13 bits per heavy atom. The number of hydrogen-bond donors (Lipinski definition) is 2. The van der Waals surface area contributed by atoms with E-state index in [9.17, 15) is 9.59 Å². The van der Waals surface area contributed by atoms with Crippen LogP contribution in [0.1, 0.15) is 29.8 Å². The molecule has 0 bridgehead atoms. The highest BCUT2D eigenvalue weighted by Gasteiger charge is 2.38. The molecule has 0 saturated carbocycles. The molecular formula is C18H21N3O2. The summed E-state index contributed by atoms with van der Waals surface area (Å²) < 4.78 is 0. The lowest BCUT2D eigenvalue weighted by Gasteiger charge is -2.38.